The van der Waals surface area contributed by atoms with E-state index in [1.807, 2.05) is 0 Å². The van der Waals surface area contributed by atoms with Crippen molar-refractivity contribution in [1.82, 2.24) is 0 Å². The number of hydrogen-bond acceptors (Lipinski definition) is 2. The molecule has 0 radical (unpaired) electrons. The van der Waals surface area contributed by atoms with Crippen molar-refractivity contribution in [3.63, 3.8) is 0 Å². The van der Waals surface area contributed by atoms with Gasteiger partial charge in [0.05, 0.1) is 5.41 Å². The van der Waals surface area contributed by atoms with Crippen molar-refractivity contribution in [3.8, 4) is 0 Å². The Morgan fingerprint density at radius 1 is 1.21 bits per heavy atom. The van der Waals surface area contributed by atoms with Crippen LogP contribution in [0.1, 0.15) is 41.9 Å². The maximum Gasteiger partial charge on any atom is 1.00 e. The topological polar surface area (TPSA) is 54.4 Å². The van der Waals surface area contributed by atoms with E-state index in [0.29, 0.717) is 0 Å². The molecule has 0 rings (SSSR count). The molecule has 0 atom stereocenters. The van der Waals surface area contributed by atoms with Gasteiger partial charge in [0, 0.05) is 0 Å². The third-order valence-electron chi connectivity index (χ3n) is 1.49. The molecular weight excluding hydrogens is 222 g/mol. The Morgan fingerprint density at radius 2 is 1.79 bits per heavy atom. The molecule has 3 nitrogen and oxygen atoms in total. The summed E-state index contributed by atoms with van der Waals surface area (Å²) in [5, 5.41) is 0.846. The second kappa shape index (κ2) is 12.7. The molecule has 0 saturated carbocycles. The summed E-state index contributed by atoms with van der Waals surface area (Å²) in [6.07, 6.45) is 6.67. The third-order valence-corrected chi connectivity index (χ3v) is 2.03. The minimum atomic E-state index is -3.90. The molecule has 0 aromatic heterocycles. The molecule has 6 heteroatoms. The first-order chi connectivity index (χ1) is 5.56. The minimum absolute atomic E-state index is 0. The van der Waals surface area contributed by atoms with Gasteiger partial charge in [-0.25, -0.2) is 0 Å². The fourth-order valence-electron chi connectivity index (χ4n) is 0.879. The van der Waals surface area contributed by atoms with Crippen LogP contribution in [0, 0.1) is 0 Å². The molecule has 0 spiro atoms. The largest absolute Gasteiger partial charge is 1.00 e. The van der Waals surface area contributed by atoms with E-state index in [-0.39, 0.29) is 62.0 Å². The van der Waals surface area contributed by atoms with Crippen LogP contribution in [0.15, 0.2) is 11.5 Å². The van der Waals surface area contributed by atoms with Crippen LogP contribution in [0.25, 0.3) is 0 Å². The summed E-state index contributed by atoms with van der Waals surface area (Å²) in [6.45, 7) is 2.12. The summed E-state index contributed by atoms with van der Waals surface area (Å²) in [4.78, 5) is 0. The Labute approximate surface area is 134 Å². The molecule has 0 aromatic carbocycles. The maximum atomic E-state index is 10.2. The molecule has 0 aromatic rings. The molecule has 0 bridgehead atoms. The van der Waals surface area contributed by atoms with Crippen LogP contribution in [-0.4, -0.2) is 13.0 Å². The van der Waals surface area contributed by atoms with Crippen LogP contribution in [0.4, 0.5) is 0 Å². The number of rotatable bonds is 6. The van der Waals surface area contributed by atoms with E-state index in [9.17, 15) is 8.42 Å². The summed E-state index contributed by atoms with van der Waals surface area (Å²) in [7, 11) is -3.90. The molecule has 0 aliphatic heterocycles. The summed E-state index contributed by atoms with van der Waals surface area (Å²) < 4.78 is 28.7. The first kappa shape index (κ1) is 21.0. The molecule has 76 valence electrons. The normalized spacial score (nSPS) is 10.7. The van der Waals surface area contributed by atoms with E-state index in [4.69, 9.17) is 4.55 Å². The fourth-order valence-corrected chi connectivity index (χ4v) is 1.26. The van der Waals surface area contributed by atoms with Crippen LogP contribution in [0.5, 0.6) is 0 Å². The van der Waals surface area contributed by atoms with Gasteiger partial charge in [0.1, 0.15) is 0 Å². The summed E-state index contributed by atoms with van der Waals surface area (Å²) in [5.41, 5.74) is 0. The number of unbranched alkanes of at least 4 members (excludes halogenated alkanes) is 4. The molecule has 0 unspecified atom stereocenters. The van der Waals surface area contributed by atoms with E-state index in [1.165, 1.54) is 18.9 Å². The van der Waals surface area contributed by atoms with Gasteiger partial charge in [-0.2, -0.15) is 8.42 Å². The van der Waals surface area contributed by atoms with Gasteiger partial charge in [-0.3, -0.25) is 4.55 Å². The quantitative estimate of drug-likeness (QED) is 0.299. The fraction of sp³-hybridized carbons (Fsp3) is 0.750. The Bertz CT molecular complexity index is 233. The predicted molar refractivity (Wildman–Crippen MR) is 51.7 cm³/mol. The van der Waals surface area contributed by atoms with E-state index < -0.39 is 10.1 Å². The molecule has 0 fully saturated rings. The molecular formula is C8H18Na2O3S. The maximum absolute atomic E-state index is 10.2. The molecule has 0 aliphatic rings. The van der Waals surface area contributed by atoms with Crippen molar-refractivity contribution >= 4 is 10.1 Å². The van der Waals surface area contributed by atoms with Gasteiger partial charge >= 0.3 is 59.1 Å². The van der Waals surface area contributed by atoms with Crippen molar-refractivity contribution in [2.45, 2.75) is 39.0 Å². The Morgan fingerprint density at radius 3 is 2.21 bits per heavy atom. The summed E-state index contributed by atoms with van der Waals surface area (Å²) >= 11 is 0. The van der Waals surface area contributed by atoms with E-state index in [0.717, 1.165) is 24.7 Å². The average Bonchev–Trinajstić information content (AvgIpc) is 1.94. The Hall–Kier alpha value is 1.65. The molecule has 0 saturated heterocycles. The second-order valence-electron chi connectivity index (χ2n) is 2.74. The Balaban J connectivity index is -0.000000101. The molecule has 1 N–H and O–H groups in total. The van der Waals surface area contributed by atoms with Crippen LogP contribution in [0.3, 0.4) is 0 Å². The average molecular weight is 240 g/mol. The van der Waals surface area contributed by atoms with Crippen molar-refractivity contribution < 1.29 is 74.9 Å². The summed E-state index contributed by atoms with van der Waals surface area (Å²) in [5.74, 6) is 0. The van der Waals surface area contributed by atoms with Crippen molar-refractivity contribution in [2.24, 2.45) is 0 Å². The van der Waals surface area contributed by atoms with Gasteiger partial charge in [0.2, 0.25) is 0 Å². The van der Waals surface area contributed by atoms with Crippen LogP contribution < -0.4 is 59.1 Å². The smallest absolute Gasteiger partial charge is 1.00 e. The number of allylic oxidation sites excluding steroid dienone is 1. The van der Waals surface area contributed by atoms with Gasteiger partial charge in [-0.1, -0.05) is 32.3 Å². The first-order valence-corrected chi connectivity index (χ1v) is 5.70. The minimum Gasteiger partial charge on any atom is -1.00 e. The standard InChI is InChI=1S/C8H16O3S.2Na.2H/c1-2-3-4-5-6-7-8-12(9,10)11;;;;/h7-8H,2-6H2,1H3,(H,9,10,11);;;;/q;2*+1;2*-1. The van der Waals surface area contributed by atoms with Gasteiger partial charge in [0.15, 0.2) is 0 Å². The third kappa shape index (κ3) is 19.3. The molecule has 0 heterocycles. The van der Waals surface area contributed by atoms with Crippen LogP contribution in [0.2, 0.25) is 0 Å². The Kier molecular flexibility index (Phi) is 19.1. The molecule has 0 aliphatic carbocycles. The zero-order valence-electron chi connectivity index (χ0n) is 11.4. The molecule has 14 heavy (non-hydrogen) atoms. The van der Waals surface area contributed by atoms with E-state index >= 15 is 0 Å². The predicted octanol–water partition coefficient (Wildman–Crippen LogP) is -3.41. The zero-order valence-corrected chi connectivity index (χ0v) is 14.2. The second-order valence-corrected chi connectivity index (χ2v) is 4.04. The van der Waals surface area contributed by atoms with Crippen molar-refractivity contribution in [2.75, 3.05) is 0 Å². The van der Waals surface area contributed by atoms with Crippen molar-refractivity contribution in [3.05, 3.63) is 11.5 Å². The van der Waals surface area contributed by atoms with Crippen LogP contribution >= 0.6 is 0 Å². The van der Waals surface area contributed by atoms with Crippen LogP contribution in [-0.2, 0) is 10.1 Å². The molecule has 0 amide bonds. The van der Waals surface area contributed by atoms with Gasteiger partial charge in [-0.15, -0.1) is 0 Å². The zero-order chi connectivity index (χ0) is 9.45. The monoisotopic (exact) mass is 240 g/mol. The first-order valence-electron chi connectivity index (χ1n) is 4.20. The van der Waals surface area contributed by atoms with Gasteiger partial charge in [-0.05, 0) is 12.8 Å². The van der Waals surface area contributed by atoms with E-state index in [1.54, 1.807) is 0 Å². The van der Waals surface area contributed by atoms with E-state index in [2.05, 4.69) is 6.92 Å². The SMILES string of the molecule is CCCCCCC=CS(=O)(=O)O.[H-].[H-].[Na+].[Na+]. The van der Waals surface area contributed by atoms with Gasteiger partial charge < -0.3 is 2.85 Å². The van der Waals surface area contributed by atoms with Crippen molar-refractivity contribution in [1.29, 1.82) is 0 Å². The summed E-state index contributed by atoms with van der Waals surface area (Å²) in [6, 6.07) is 0. The van der Waals surface area contributed by atoms with Gasteiger partial charge in [0.25, 0.3) is 10.1 Å². The number of hydrogen-bond donors (Lipinski definition) is 1.